The fraction of sp³-hybridized carbons (Fsp3) is 0.500. The average molecular weight is 277 g/mol. The quantitative estimate of drug-likeness (QED) is 0.853. The minimum absolute atomic E-state index is 0.0130. The Morgan fingerprint density at radius 1 is 1.45 bits per heavy atom. The molecule has 2 rings (SSSR count). The number of carboxylic acid groups (broad SMARTS) is 1. The van der Waals surface area contributed by atoms with Gasteiger partial charge in [-0.05, 0) is 31.5 Å². The van der Waals surface area contributed by atoms with E-state index in [4.69, 9.17) is 5.11 Å². The third-order valence-corrected chi connectivity index (χ3v) is 3.55. The van der Waals surface area contributed by atoms with Crippen LogP contribution in [0, 0.1) is 0 Å². The molecule has 20 heavy (non-hydrogen) atoms. The monoisotopic (exact) mass is 277 g/mol. The Labute approximate surface area is 117 Å². The first-order valence-electron chi connectivity index (χ1n) is 6.76. The van der Waals surface area contributed by atoms with Crippen molar-refractivity contribution in [1.29, 1.82) is 0 Å². The summed E-state index contributed by atoms with van der Waals surface area (Å²) in [7, 11) is 1.64. The van der Waals surface area contributed by atoms with Crippen molar-refractivity contribution in [3.63, 3.8) is 0 Å². The molecule has 0 radical (unpaired) electrons. The molecular formula is C14H19N3O3. The maximum Gasteiger partial charge on any atom is 0.354 e. The largest absolute Gasteiger partial charge is 0.477 e. The van der Waals surface area contributed by atoms with E-state index in [0.717, 1.165) is 25.8 Å². The van der Waals surface area contributed by atoms with Gasteiger partial charge in [0.05, 0.1) is 11.7 Å². The molecule has 0 aromatic carbocycles. The Balaban J connectivity index is 2.12. The molecule has 2 heterocycles. The topological polar surface area (TPSA) is 82.5 Å². The van der Waals surface area contributed by atoms with Gasteiger partial charge >= 0.3 is 5.97 Å². The van der Waals surface area contributed by atoms with Gasteiger partial charge in [0, 0.05) is 13.6 Å². The van der Waals surface area contributed by atoms with Crippen molar-refractivity contribution in [2.45, 2.75) is 31.8 Å². The van der Waals surface area contributed by atoms with Gasteiger partial charge in [-0.1, -0.05) is 12.5 Å². The summed E-state index contributed by atoms with van der Waals surface area (Å²) in [6, 6.07) is 4.80. The minimum Gasteiger partial charge on any atom is -0.477 e. The summed E-state index contributed by atoms with van der Waals surface area (Å²) in [6.45, 7) is 1.33. The molecule has 1 amide bonds. The Morgan fingerprint density at radius 3 is 2.95 bits per heavy atom. The van der Waals surface area contributed by atoms with Crippen LogP contribution in [0.2, 0.25) is 0 Å². The van der Waals surface area contributed by atoms with Crippen LogP contribution in [0.3, 0.4) is 0 Å². The van der Waals surface area contributed by atoms with Crippen LogP contribution in [0.25, 0.3) is 0 Å². The van der Waals surface area contributed by atoms with E-state index in [1.165, 1.54) is 6.07 Å². The summed E-state index contributed by atoms with van der Waals surface area (Å²) in [5.41, 5.74) is 0.719. The number of nitrogens with zero attached hydrogens (tertiary/aromatic N) is 2. The highest BCUT2D eigenvalue weighted by molar-refractivity contribution is 5.85. The summed E-state index contributed by atoms with van der Waals surface area (Å²) < 4.78 is 0. The van der Waals surface area contributed by atoms with Crippen LogP contribution >= 0.6 is 0 Å². The van der Waals surface area contributed by atoms with Crippen LogP contribution in [0.1, 0.15) is 35.4 Å². The highest BCUT2D eigenvalue weighted by Gasteiger charge is 2.28. The van der Waals surface area contributed by atoms with E-state index in [1.807, 2.05) is 0 Å². The fourth-order valence-electron chi connectivity index (χ4n) is 2.54. The summed E-state index contributed by atoms with van der Waals surface area (Å²) >= 11 is 0. The number of carbonyl (C=O) groups is 2. The van der Waals surface area contributed by atoms with E-state index >= 15 is 0 Å². The van der Waals surface area contributed by atoms with E-state index in [2.05, 4.69) is 15.2 Å². The Bertz CT molecular complexity index is 504. The molecule has 108 valence electrons. The molecule has 1 aromatic rings. The van der Waals surface area contributed by atoms with Crippen molar-refractivity contribution >= 4 is 11.9 Å². The lowest BCUT2D eigenvalue weighted by Crippen LogP contribution is -2.48. The Morgan fingerprint density at radius 2 is 2.25 bits per heavy atom. The molecular weight excluding hydrogens is 258 g/mol. The van der Waals surface area contributed by atoms with Crippen LogP contribution < -0.4 is 5.32 Å². The second-order valence-electron chi connectivity index (χ2n) is 4.92. The van der Waals surface area contributed by atoms with Crippen molar-refractivity contribution in [2.24, 2.45) is 0 Å². The number of rotatable bonds is 4. The third-order valence-electron chi connectivity index (χ3n) is 3.55. The normalized spacial score (nSPS) is 19.6. The van der Waals surface area contributed by atoms with E-state index in [-0.39, 0.29) is 17.6 Å². The lowest BCUT2D eigenvalue weighted by molar-refractivity contribution is -0.127. The molecule has 0 spiro atoms. The molecule has 0 aliphatic carbocycles. The van der Waals surface area contributed by atoms with Crippen LogP contribution in [0.15, 0.2) is 18.2 Å². The van der Waals surface area contributed by atoms with Gasteiger partial charge in [-0.2, -0.15) is 0 Å². The van der Waals surface area contributed by atoms with Gasteiger partial charge in [0.25, 0.3) is 0 Å². The molecule has 6 heteroatoms. The second kappa shape index (κ2) is 6.47. The highest BCUT2D eigenvalue weighted by Crippen LogP contribution is 2.19. The molecule has 1 fully saturated rings. The van der Waals surface area contributed by atoms with E-state index in [9.17, 15) is 9.59 Å². The SMILES string of the molecule is CNC(=O)C1CCCCN1Cc1cccc(C(=O)O)n1. The Hall–Kier alpha value is -1.95. The van der Waals surface area contributed by atoms with Crippen molar-refractivity contribution in [1.82, 2.24) is 15.2 Å². The molecule has 1 saturated heterocycles. The fourth-order valence-corrected chi connectivity index (χ4v) is 2.54. The van der Waals surface area contributed by atoms with Crippen molar-refractivity contribution in [3.05, 3.63) is 29.6 Å². The Kier molecular flexibility index (Phi) is 4.68. The summed E-state index contributed by atoms with van der Waals surface area (Å²) in [5.74, 6) is -1.02. The molecule has 0 bridgehead atoms. The predicted molar refractivity (Wildman–Crippen MR) is 73.3 cm³/mol. The zero-order valence-corrected chi connectivity index (χ0v) is 11.5. The molecule has 2 N–H and O–H groups in total. The number of hydrogen-bond acceptors (Lipinski definition) is 4. The maximum absolute atomic E-state index is 11.9. The second-order valence-corrected chi connectivity index (χ2v) is 4.92. The van der Waals surface area contributed by atoms with Gasteiger partial charge in [-0.3, -0.25) is 9.69 Å². The number of amides is 1. The van der Waals surface area contributed by atoms with Crippen molar-refractivity contribution in [2.75, 3.05) is 13.6 Å². The lowest BCUT2D eigenvalue weighted by Gasteiger charge is -2.34. The number of nitrogens with one attached hydrogen (secondary N) is 1. The van der Waals surface area contributed by atoms with Gasteiger partial charge in [-0.25, -0.2) is 9.78 Å². The van der Waals surface area contributed by atoms with Gasteiger partial charge < -0.3 is 10.4 Å². The predicted octanol–water partition coefficient (Wildman–Crippen LogP) is 0.880. The number of carbonyl (C=O) groups excluding carboxylic acids is 1. The first-order valence-corrected chi connectivity index (χ1v) is 6.76. The number of likely N-dealkylation sites (N-methyl/N-ethyl adjacent to an activating group) is 1. The third kappa shape index (κ3) is 3.33. The molecule has 6 nitrogen and oxygen atoms in total. The van der Waals surface area contributed by atoms with Crippen LogP contribution in [0.5, 0.6) is 0 Å². The van der Waals surface area contributed by atoms with Gasteiger partial charge in [0.2, 0.25) is 5.91 Å². The number of piperidine rings is 1. The molecule has 1 aliphatic heterocycles. The molecule has 0 saturated carbocycles. The van der Waals surface area contributed by atoms with E-state index < -0.39 is 5.97 Å². The first-order chi connectivity index (χ1) is 9.61. The number of aromatic nitrogens is 1. The number of aromatic carboxylic acids is 1. The number of pyridine rings is 1. The molecule has 1 aromatic heterocycles. The van der Waals surface area contributed by atoms with Gasteiger partial charge in [0.15, 0.2) is 0 Å². The highest BCUT2D eigenvalue weighted by atomic mass is 16.4. The lowest BCUT2D eigenvalue weighted by atomic mass is 10.0. The smallest absolute Gasteiger partial charge is 0.354 e. The summed E-state index contributed by atoms with van der Waals surface area (Å²) in [6.07, 6.45) is 2.92. The first kappa shape index (κ1) is 14.5. The van der Waals surface area contributed by atoms with Gasteiger partial charge in [-0.15, -0.1) is 0 Å². The van der Waals surface area contributed by atoms with Crippen molar-refractivity contribution in [3.8, 4) is 0 Å². The molecule has 1 atom stereocenters. The number of hydrogen-bond donors (Lipinski definition) is 2. The number of likely N-dealkylation sites (tertiary alicyclic amines) is 1. The van der Waals surface area contributed by atoms with E-state index in [1.54, 1.807) is 19.2 Å². The van der Waals surface area contributed by atoms with Crippen LogP contribution in [-0.2, 0) is 11.3 Å². The van der Waals surface area contributed by atoms with Crippen molar-refractivity contribution < 1.29 is 14.7 Å². The molecule has 1 aliphatic rings. The van der Waals surface area contributed by atoms with E-state index in [0.29, 0.717) is 12.2 Å². The average Bonchev–Trinajstić information content (AvgIpc) is 2.47. The standard InChI is InChI=1S/C14H19N3O3/c1-15-13(18)12-7-2-3-8-17(12)9-10-5-4-6-11(16-10)14(19)20/h4-6,12H,2-3,7-9H2,1H3,(H,15,18)(H,19,20). The summed E-state index contributed by atoms with van der Waals surface area (Å²) in [4.78, 5) is 29.0. The maximum atomic E-state index is 11.9. The van der Waals surface area contributed by atoms with Crippen LogP contribution in [-0.4, -0.2) is 46.5 Å². The summed E-state index contributed by atoms with van der Waals surface area (Å²) in [5, 5.41) is 11.6. The zero-order valence-electron chi connectivity index (χ0n) is 11.5. The van der Waals surface area contributed by atoms with Crippen LogP contribution in [0.4, 0.5) is 0 Å². The van der Waals surface area contributed by atoms with Gasteiger partial charge in [0.1, 0.15) is 5.69 Å². The zero-order chi connectivity index (χ0) is 14.5. The number of carboxylic acids is 1. The molecule has 1 unspecified atom stereocenters. The minimum atomic E-state index is -1.03.